The number of aromatic nitrogens is 1. The van der Waals surface area contributed by atoms with Gasteiger partial charge >= 0.3 is 0 Å². The van der Waals surface area contributed by atoms with Crippen LogP contribution in [0.1, 0.15) is 46.4 Å². The number of nitrogens with one attached hydrogen (secondary N) is 1. The van der Waals surface area contributed by atoms with Crippen LogP contribution in [0.2, 0.25) is 5.02 Å². The number of hydrogen-bond donors (Lipinski definition) is 1. The average molecular weight is 483 g/mol. The van der Waals surface area contributed by atoms with Crippen LogP contribution in [0.25, 0.3) is 5.69 Å². The van der Waals surface area contributed by atoms with Gasteiger partial charge in [0.2, 0.25) is 0 Å². The number of halogens is 1. The minimum absolute atomic E-state index is 0.0787. The van der Waals surface area contributed by atoms with Crippen LogP contribution in [0.5, 0.6) is 5.75 Å². The maximum atomic E-state index is 13.2. The van der Waals surface area contributed by atoms with Crippen molar-refractivity contribution in [2.45, 2.75) is 37.3 Å². The molecule has 172 valence electrons. The molecule has 2 aromatic carbocycles. The fourth-order valence-corrected chi connectivity index (χ4v) is 5.78. The maximum absolute atomic E-state index is 13.2. The summed E-state index contributed by atoms with van der Waals surface area (Å²) >= 11 is 8.03. The first-order valence-electron chi connectivity index (χ1n) is 10.9. The van der Waals surface area contributed by atoms with Gasteiger partial charge in [-0.1, -0.05) is 43.6 Å². The zero-order valence-corrected chi connectivity index (χ0v) is 20.7. The predicted molar refractivity (Wildman–Crippen MR) is 134 cm³/mol. The van der Waals surface area contributed by atoms with E-state index in [2.05, 4.69) is 5.32 Å². The second-order valence-electron chi connectivity index (χ2n) is 8.58. The number of nitrogens with zero attached hydrogens (tertiary/aromatic N) is 1. The number of carbonyl (C=O) groups excluding carboxylic acids is 1. The molecule has 0 saturated heterocycles. The molecule has 0 fully saturated rings. The van der Waals surface area contributed by atoms with E-state index in [1.54, 1.807) is 24.9 Å². The summed E-state index contributed by atoms with van der Waals surface area (Å²) in [5, 5.41) is 3.49. The number of amides is 1. The molecule has 0 spiro atoms. The Morgan fingerprint density at radius 2 is 2.00 bits per heavy atom. The van der Waals surface area contributed by atoms with Crippen molar-refractivity contribution >= 4 is 29.3 Å². The Balaban J connectivity index is 1.97. The summed E-state index contributed by atoms with van der Waals surface area (Å²) < 4.78 is 7.67. The number of carbonyl (C=O) groups is 1. The molecule has 0 unspecified atom stereocenters. The minimum Gasteiger partial charge on any atom is -0.496 e. The molecule has 1 aliphatic heterocycles. The van der Waals surface area contributed by atoms with E-state index in [1.807, 2.05) is 67.8 Å². The average Bonchev–Trinajstić information content (AvgIpc) is 2.94. The van der Waals surface area contributed by atoms with Gasteiger partial charge in [-0.2, -0.15) is 0 Å². The number of pyridine rings is 1. The van der Waals surface area contributed by atoms with Crippen LogP contribution in [0, 0.1) is 12.8 Å². The molecular formula is C26H27ClN2O3S. The van der Waals surface area contributed by atoms with Gasteiger partial charge in [-0.25, -0.2) is 0 Å². The SMILES string of the molecule is COc1ccccc1[C@H]1Cc2c(C(=O)NCC(C)C)c(=O)cc(C)n2-c2ccc(Cl)cc2S1. The second-order valence-corrected chi connectivity index (χ2v) is 10.3. The van der Waals surface area contributed by atoms with Crippen molar-refractivity contribution in [1.82, 2.24) is 9.88 Å². The van der Waals surface area contributed by atoms with Crippen LogP contribution < -0.4 is 15.5 Å². The van der Waals surface area contributed by atoms with Crippen LogP contribution >= 0.6 is 23.4 Å². The third kappa shape index (κ3) is 4.68. The topological polar surface area (TPSA) is 60.3 Å². The van der Waals surface area contributed by atoms with E-state index in [0.29, 0.717) is 23.7 Å². The van der Waals surface area contributed by atoms with Crippen LogP contribution in [0.3, 0.4) is 0 Å². The Bertz CT molecular complexity index is 1270. The van der Waals surface area contributed by atoms with Crippen molar-refractivity contribution < 1.29 is 9.53 Å². The first-order chi connectivity index (χ1) is 15.8. The number of ether oxygens (including phenoxy) is 1. The van der Waals surface area contributed by atoms with Crippen molar-refractivity contribution in [2.24, 2.45) is 5.92 Å². The van der Waals surface area contributed by atoms with Gasteiger partial charge in [0.1, 0.15) is 11.3 Å². The van der Waals surface area contributed by atoms with E-state index in [4.69, 9.17) is 16.3 Å². The highest BCUT2D eigenvalue weighted by atomic mass is 35.5. The first kappa shape index (κ1) is 23.5. The quantitative estimate of drug-likeness (QED) is 0.515. The molecule has 33 heavy (non-hydrogen) atoms. The normalized spacial score (nSPS) is 14.9. The van der Waals surface area contributed by atoms with Crippen LogP contribution in [-0.2, 0) is 6.42 Å². The van der Waals surface area contributed by atoms with Crippen LogP contribution in [-0.4, -0.2) is 24.1 Å². The molecule has 0 radical (unpaired) electrons. The predicted octanol–water partition coefficient (Wildman–Crippen LogP) is 5.58. The fraction of sp³-hybridized carbons (Fsp3) is 0.308. The third-order valence-electron chi connectivity index (χ3n) is 5.69. The maximum Gasteiger partial charge on any atom is 0.257 e. The lowest BCUT2D eigenvalue weighted by atomic mass is 10.0. The molecule has 4 rings (SSSR count). The molecule has 1 atom stereocenters. The monoisotopic (exact) mass is 482 g/mol. The summed E-state index contributed by atoms with van der Waals surface area (Å²) in [6.45, 7) is 6.45. The van der Waals surface area contributed by atoms with Gasteiger partial charge in [0.05, 0.1) is 12.8 Å². The Kier molecular flexibility index (Phi) is 6.86. The summed E-state index contributed by atoms with van der Waals surface area (Å²) in [5.74, 6) is 0.715. The number of hydrogen-bond acceptors (Lipinski definition) is 4. The van der Waals surface area contributed by atoms with Crippen LogP contribution in [0.4, 0.5) is 0 Å². The molecule has 1 aliphatic rings. The summed E-state index contributed by atoms with van der Waals surface area (Å²) in [6, 6.07) is 15.1. The summed E-state index contributed by atoms with van der Waals surface area (Å²) in [4.78, 5) is 27.3. The van der Waals surface area contributed by atoms with Gasteiger partial charge in [-0.05, 0) is 37.1 Å². The first-order valence-corrected chi connectivity index (χ1v) is 12.2. The van der Waals surface area contributed by atoms with Gasteiger partial charge in [-0.3, -0.25) is 9.59 Å². The molecule has 5 nitrogen and oxygen atoms in total. The van der Waals surface area contributed by atoms with E-state index in [0.717, 1.165) is 27.6 Å². The van der Waals surface area contributed by atoms with Gasteiger partial charge in [-0.15, -0.1) is 11.8 Å². The van der Waals surface area contributed by atoms with Crippen molar-refractivity contribution in [3.05, 3.63) is 86.3 Å². The number of methoxy groups -OCH3 is 1. The lowest BCUT2D eigenvalue weighted by Gasteiger charge is -2.21. The zero-order chi connectivity index (χ0) is 23.7. The van der Waals surface area contributed by atoms with E-state index in [1.165, 1.54) is 0 Å². The lowest BCUT2D eigenvalue weighted by Crippen LogP contribution is -2.34. The van der Waals surface area contributed by atoms with Gasteiger partial charge < -0.3 is 14.6 Å². The molecule has 0 aliphatic carbocycles. The molecule has 3 aromatic rings. The molecule has 1 aromatic heterocycles. The number of aryl methyl sites for hydroxylation is 1. The Morgan fingerprint density at radius 1 is 1.24 bits per heavy atom. The van der Waals surface area contributed by atoms with Gasteiger partial charge in [0.25, 0.3) is 5.91 Å². The number of rotatable bonds is 5. The Morgan fingerprint density at radius 3 is 2.73 bits per heavy atom. The highest BCUT2D eigenvalue weighted by Crippen LogP contribution is 2.47. The van der Waals surface area contributed by atoms with Crippen molar-refractivity contribution in [3.63, 3.8) is 0 Å². The van der Waals surface area contributed by atoms with E-state index >= 15 is 0 Å². The van der Waals surface area contributed by atoms with Crippen molar-refractivity contribution in [3.8, 4) is 11.4 Å². The highest BCUT2D eigenvalue weighted by molar-refractivity contribution is 7.99. The number of thioether (sulfide) groups is 1. The van der Waals surface area contributed by atoms with Gasteiger partial charge in [0.15, 0.2) is 5.43 Å². The largest absolute Gasteiger partial charge is 0.496 e. The molecule has 1 amide bonds. The Labute approximate surface area is 203 Å². The smallest absolute Gasteiger partial charge is 0.257 e. The minimum atomic E-state index is -0.335. The standard InChI is InChI=1S/C26H27ClN2O3S/c1-15(2)14-28-26(31)25-20-13-23(18-7-5-6-8-22(18)32-4)33-24-12-17(27)9-10-19(24)29(20)16(3)11-21(25)30/h5-12,15,23H,13-14H2,1-4H3,(H,28,31)/t23-/m1/s1. The molecule has 2 heterocycles. The fourth-order valence-electron chi connectivity index (χ4n) is 4.19. The number of fused-ring (bicyclic) bond motifs is 3. The summed E-state index contributed by atoms with van der Waals surface area (Å²) in [5.41, 5.74) is 3.33. The van der Waals surface area contributed by atoms with Gasteiger partial charge in [0, 0.05) is 51.2 Å². The van der Waals surface area contributed by atoms with Crippen molar-refractivity contribution in [2.75, 3.05) is 13.7 Å². The van der Waals surface area contributed by atoms with Crippen molar-refractivity contribution in [1.29, 1.82) is 0 Å². The molecule has 0 bridgehead atoms. The second kappa shape index (κ2) is 9.65. The molecular weight excluding hydrogens is 456 g/mol. The van der Waals surface area contributed by atoms with Crippen LogP contribution in [0.15, 0.2) is 58.2 Å². The zero-order valence-electron chi connectivity index (χ0n) is 19.1. The summed E-state index contributed by atoms with van der Waals surface area (Å²) in [7, 11) is 1.65. The highest BCUT2D eigenvalue weighted by Gasteiger charge is 2.30. The molecule has 0 saturated carbocycles. The lowest BCUT2D eigenvalue weighted by molar-refractivity contribution is 0.0946. The molecule has 1 N–H and O–H groups in total. The Hall–Kier alpha value is -2.70. The molecule has 7 heteroatoms. The van der Waals surface area contributed by atoms with E-state index in [-0.39, 0.29) is 28.1 Å². The number of para-hydroxylation sites is 1. The third-order valence-corrected chi connectivity index (χ3v) is 7.21. The summed E-state index contributed by atoms with van der Waals surface area (Å²) in [6.07, 6.45) is 0.485. The van der Waals surface area contributed by atoms with E-state index in [9.17, 15) is 9.59 Å². The van der Waals surface area contributed by atoms with E-state index < -0.39 is 0 Å². The number of benzene rings is 2.